The number of carbonyl (C=O) groups excluding carboxylic acids is 1. The number of sulfonamides is 1. The highest BCUT2D eigenvalue weighted by molar-refractivity contribution is 7.92. The van der Waals surface area contributed by atoms with E-state index in [0.717, 1.165) is 6.26 Å². The van der Waals surface area contributed by atoms with E-state index in [1.54, 1.807) is 0 Å². The maximum Gasteiger partial charge on any atom is 0.251 e. The summed E-state index contributed by atoms with van der Waals surface area (Å²) in [5, 5.41) is 7.46. The minimum absolute atomic E-state index is 0.0540. The van der Waals surface area contributed by atoms with E-state index in [-0.39, 0.29) is 17.0 Å². The molecule has 0 saturated heterocycles. The zero-order valence-electron chi connectivity index (χ0n) is 12.0. The molecule has 9 heteroatoms. The molecule has 0 spiro atoms. The molecule has 118 valence electrons. The number of hydrogen-bond acceptors (Lipinski definition) is 5. The molecule has 0 atom stereocenters. The van der Waals surface area contributed by atoms with Gasteiger partial charge >= 0.3 is 0 Å². The van der Waals surface area contributed by atoms with Gasteiger partial charge in [0.2, 0.25) is 10.0 Å². The maximum absolute atomic E-state index is 11.9. The Balaban J connectivity index is 2.83. The molecule has 3 N–H and O–H groups in total. The first kappa shape index (κ1) is 17.6. The first-order chi connectivity index (χ1) is 9.34. The van der Waals surface area contributed by atoms with Gasteiger partial charge in [0.15, 0.2) is 9.84 Å². The zero-order valence-corrected chi connectivity index (χ0v) is 13.6. The summed E-state index contributed by atoms with van der Waals surface area (Å²) in [6.07, 6.45) is 1.10. The average molecular weight is 334 g/mol. The number of carbonyl (C=O) groups is 1. The fraction of sp³-hybridized carbons (Fsp3) is 0.417. The van der Waals surface area contributed by atoms with Crippen LogP contribution >= 0.6 is 0 Å². The Kier molecular flexibility index (Phi) is 4.81. The summed E-state index contributed by atoms with van der Waals surface area (Å²) < 4.78 is 44.1. The van der Waals surface area contributed by atoms with Crippen molar-refractivity contribution in [2.24, 2.45) is 5.14 Å². The quantitative estimate of drug-likeness (QED) is 0.777. The van der Waals surface area contributed by atoms with Crippen molar-refractivity contribution in [1.82, 2.24) is 5.32 Å². The van der Waals surface area contributed by atoms with Crippen LogP contribution in [0.5, 0.6) is 0 Å². The molecule has 7 nitrogen and oxygen atoms in total. The predicted octanol–water partition coefficient (Wildman–Crippen LogP) is -0.113. The number of nitrogens with two attached hydrogens (primary N) is 1. The van der Waals surface area contributed by atoms with Gasteiger partial charge in [-0.1, -0.05) is 0 Å². The monoisotopic (exact) mass is 334 g/mol. The average Bonchev–Trinajstić information content (AvgIpc) is 2.34. The summed E-state index contributed by atoms with van der Waals surface area (Å²) in [6, 6.07) is 5.04. The van der Waals surface area contributed by atoms with Crippen molar-refractivity contribution in [2.45, 2.75) is 23.5 Å². The molecule has 0 aliphatic rings. The summed E-state index contributed by atoms with van der Waals surface area (Å²) >= 11 is 0. The van der Waals surface area contributed by atoms with Gasteiger partial charge in [-0.15, -0.1) is 0 Å². The van der Waals surface area contributed by atoms with Crippen LogP contribution in [-0.4, -0.2) is 40.3 Å². The lowest BCUT2D eigenvalue weighted by atomic mass is 10.2. The molecule has 0 bridgehead atoms. The Hall–Kier alpha value is -1.45. The van der Waals surface area contributed by atoms with Gasteiger partial charge in [-0.05, 0) is 38.1 Å². The second kappa shape index (κ2) is 5.74. The molecule has 0 heterocycles. The molecule has 1 rings (SSSR count). The van der Waals surface area contributed by atoms with E-state index in [0.29, 0.717) is 0 Å². The number of nitrogens with one attached hydrogen (secondary N) is 1. The lowest BCUT2D eigenvalue weighted by molar-refractivity contribution is 0.0950. The van der Waals surface area contributed by atoms with Gasteiger partial charge in [-0.2, -0.15) is 0 Å². The summed E-state index contributed by atoms with van der Waals surface area (Å²) in [7, 11) is -7.13. The molecule has 0 unspecified atom stereocenters. The Morgan fingerprint density at radius 1 is 1.14 bits per heavy atom. The summed E-state index contributed by atoms with van der Waals surface area (Å²) in [5.74, 6) is -0.493. The van der Waals surface area contributed by atoms with E-state index in [4.69, 9.17) is 5.14 Å². The van der Waals surface area contributed by atoms with Crippen molar-refractivity contribution in [1.29, 1.82) is 0 Å². The summed E-state index contributed by atoms with van der Waals surface area (Å²) in [5.41, 5.74) is 0.215. The first-order valence-electron chi connectivity index (χ1n) is 5.95. The van der Waals surface area contributed by atoms with Crippen LogP contribution < -0.4 is 10.5 Å². The van der Waals surface area contributed by atoms with Gasteiger partial charge in [0.1, 0.15) is 0 Å². The first-order valence-corrected chi connectivity index (χ1v) is 9.39. The van der Waals surface area contributed by atoms with Crippen molar-refractivity contribution in [3.05, 3.63) is 29.8 Å². The Morgan fingerprint density at radius 2 is 1.62 bits per heavy atom. The van der Waals surface area contributed by atoms with Crippen molar-refractivity contribution >= 4 is 25.8 Å². The minimum Gasteiger partial charge on any atom is -0.350 e. The van der Waals surface area contributed by atoms with Crippen molar-refractivity contribution in [2.75, 3.05) is 12.8 Å². The third-order valence-corrected chi connectivity index (χ3v) is 6.20. The zero-order chi connectivity index (χ0) is 16.5. The molecule has 1 aromatic carbocycles. The van der Waals surface area contributed by atoms with Gasteiger partial charge in [0, 0.05) is 18.4 Å². The fourth-order valence-electron chi connectivity index (χ4n) is 1.32. The molecule has 1 amide bonds. The van der Waals surface area contributed by atoms with Crippen molar-refractivity contribution in [3.8, 4) is 0 Å². The van der Waals surface area contributed by atoms with E-state index >= 15 is 0 Å². The van der Waals surface area contributed by atoms with Crippen LogP contribution in [-0.2, 0) is 19.9 Å². The smallest absolute Gasteiger partial charge is 0.251 e. The molecule has 0 aliphatic heterocycles. The van der Waals surface area contributed by atoms with E-state index in [1.807, 2.05) is 0 Å². The summed E-state index contributed by atoms with van der Waals surface area (Å²) in [4.78, 5) is 11.8. The fourth-order valence-corrected chi connectivity index (χ4v) is 2.17. The Morgan fingerprint density at radius 3 is 2.00 bits per heavy atom. The number of sulfone groups is 1. The van der Waals surface area contributed by atoms with Gasteiger partial charge in [-0.25, -0.2) is 22.0 Å². The molecule has 0 saturated carbocycles. The number of amides is 1. The van der Waals surface area contributed by atoms with Crippen LogP contribution in [0.4, 0.5) is 0 Å². The molecule has 0 aromatic heterocycles. The highest BCUT2D eigenvalue weighted by Gasteiger charge is 2.30. The largest absolute Gasteiger partial charge is 0.350 e. The highest BCUT2D eigenvalue weighted by Crippen LogP contribution is 2.14. The van der Waals surface area contributed by atoms with Gasteiger partial charge in [0.25, 0.3) is 5.91 Å². The molecule has 1 aromatic rings. The molecule has 21 heavy (non-hydrogen) atoms. The molecular weight excluding hydrogens is 316 g/mol. The minimum atomic E-state index is -3.81. The standard InChI is InChI=1S/C12H18N2O5S2/c1-12(2,20(3,16)17)8-14-11(15)9-4-6-10(7-5-9)21(13,18)19/h4-7H,8H2,1-3H3,(H,14,15)(H2,13,18,19). The van der Waals surface area contributed by atoms with Crippen LogP contribution in [0.3, 0.4) is 0 Å². The second-order valence-electron chi connectivity index (χ2n) is 5.28. The van der Waals surface area contributed by atoms with Crippen molar-refractivity contribution in [3.63, 3.8) is 0 Å². The third kappa shape index (κ3) is 4.51. The van der Waals surface area contributed by atoms with E-state index < -0.39 is 30.5 Å². The molecular formula is C12H18N2O5S2. The van der Waals surface area contributed by atoms with E-state index in [9.17, 15) is 21.6 Å². The van der Waals surface area contributed by atoms with Crippen LogP contribution in [0.15, 0.2) is 29.2 Å². The SMILES string of the molecule is CC(C)(CNC(=O)c1ccc(S(N)(=O)=O)cc1)S(C)(=O)=O. The van der Waals surface area contributed by atoms with Gasteiger partial charge in [-0.3, -0.25) is 4.79 Å². The lowest BCUT2D eigenvalue weighted by Gasteiger charge is -2.22. The second-order valence-corrected chi connectivity index (χ2v) is 9.49. The third-order valence-electron chi connectivity index (χ3n) is 3.12. The van der Waals surface area contributed by atoms with Crippen molar-refractivity contribution < 1.29 is 21.6 Å². The van der Waals surface area contributed by atoms with Gasteiger partial charge in [0.05, 0.1) is 9.64 Å². The normalized spacial score (nSPS) is 13.0. The van der Waals surface area contributed by atoms with Crippen LogP contribution in [0, 0.1) is 0 Å². The Labute approximate surface area is 124 Å². The molecule has 0 radical (unpaired) electrons. The van der Waals surface area contributed by atoms with E-state index in [2.05, 4.69) is 5.32 Å². The molecule has 0 fully saturated rings. The number of benzene rings is 1. The van der Waals surface area contributed by atoms with Crippen LogP contribution in [0.2, 0.25) is 0 Å². The number of hydrogen-bond donors (Lipinski definition) is 2. The van der Waals surface area contributed by atoms with Crippen LogP contribution in [0.1, 0.15) is 24.2 Å². The van der Waals surface area contributed by atoms with E-state index in [1.165, 1.54) is 38.1 Å². The molecule has 0 aliphatic carbocycles. The maximum atomic E-state index is 11.9. The summed E-state index contributed by atoms with van der Waals surface area (Å²) in [6.45, 7) is 2.96. The number of primary sulfonamides is 1. The highest BCUT2D eigenvalue weighted by atomic mass is 32.2. The number of rotatable bonds is 5. The van der Waals surface area contributed by atoms with Crippen LogP contribution in [0.25, 0.3) is 0 Å². The lowest BCUT2D eigenvalue weighted by Crippen LogP contribution is -2.43. The Bertz CT molecular complexity index is 734. The van der Waals surface area contributed by atoms with Gasteiger partial charge < -0.3 is 5.32 Å². The predicted molar refractivity (Wildman–Crippen MR) is 79.1 cm³/mol. The topological polar surface area (TPSA) is 123 Å².